The van der Waals surface area contributed by atoms with Crippen molar-refractivity contribution in [2.45, 2.75) is 122 Å². The number of halogens is 16. The van der Waals surface area contributed by atoms with Crippen LogP contribution in [0.4, 0.5) is 65.9 Å². The van der Waals surface area contributed by atoms with Crippen molar-refractivity contribution in [2.24, 2.45) is 76.9 Å². The quantitative estimate of drug-likeness (QED) is 0.0184. The third kappa shape index (κ3) is 26.3. The number of fused-ring (bicyclic) bond motifs is 6. The summed E-state index contributed by atoms with van der Waals surface area (Å²) < 4.78 is 210. The number of alkyl halides is 15. The molecular formula is C97H105ClF15N11O8S2. The van der Waals surface area contributed by atoms with Crippen molar-refractivity contribution < 1.29 is 103 Å². The summed E-state index contributed by atoms with van der Waals surface area (Å²) >= 11 is 5.78. The highest BCUT2D eigenvalue weighted by Crippen LogP contribution is 2.55. The van der Waals surface area contributed by atoms with Gasteiger partial charge in [0.2, 0.25) is 29.5 Å². The van der Waals surface area contributed by atoms with Gasteiger partial charge in [-0.2, -0.15) is 65.9 Å². The molecule has 5 N–H and O–H groups in total. The maximum absolute atomic E-state index is 12.7. The Labute approximate surface area is 777 Å². The average molecular weight is 1940 g/mol. The highest BCUT2D eigenvalue weighted by atomic mass is 35.5. The van der Waals surface area contributed by atoms with E-state index < -0.39 is 61.0 Å². The summed E-state index contributed by atoms with van der Waals surface area (Å²) in [4.78, 5) is 80.5. The summed E-state index contributed by atoms with van der Waals surface area (Å²) in [6.07, 6.45) is -4.45. The Morgan fingerprint density at radius 1 is 0.410 bits per heavy atom. The van der Waals surface area contributed by atoms with Gasteiger partial charge >= 0.3 is 29.5 Å². The molecule has 6 aromatic carbocycles. The fraction of sp³-hybridized carbons (Fsp3) is 0.443. The Bertz CT molecular complexity index is 5310. The largest absolute Gasteiger partial charge is 0.501 e. The number of likely N-dealkylation sites (tertiary alicyclic amines) is 6. The van der Waals surface area contributed by atoms with Crippen molar-refractivity contribution in [2.75, 3.05) is 78.5 Å². The second-order valence-corrected chi connectivity index (χ2v) is 39.7. The summed E-state index contributed by atoms with van der Waals surface area (Å²) in [7, 11) is -5.31. The lowest BCUT2D eigenvalue weighted by Crippen LogP contribution is -2.35. The summed E-state index contributed by atoms with van der Waals surface area (Å²) in [5, 5.41) is 15.8. The van der Waals surface area contributed by atoms with E-state index in [9.17, 15) is 103 Å². The predicted octanol–water partition coefficient (Wildman–Crippen LogP) is 15.8. The van der Waals surface area contributed by atoms with Crippen LogP contribution in [0.1, 0.15) is 69.5 Å². The van der Waals surface area contributed by atoms with Crippen LogP contribution in [0.2, 0.25) is 5.02 Å². The van der Waals surface area contributed by atoms with E-state index in [1.165, 1.54) is 78.4 Å². The first-order valence-electron chi connectivity index (χ1n) is 43.9. The molecule has 15 atom stereocenters. The average Bonchev–Trinajstić information content (AvgIpc) is 1.60. The Kier molecular flexibility index (Phi) is 31.8. The number of thioether (sulfide) groups is 1. The summed E-state index contributed by atoms with van der Waals surface area (Å²) in [6.45, 7) is 36.5. The number of amides is 5. The van der Waals surface area contributed by atoms with Gasteiger partial charge in [-0.1, -0.05) is 130 Å². The number of rotatable bonds is 27. The van der Waals surface area contributed by atoms with Crippen molar-refractivity contribution in [3.63, 3.8) is 0 Å². The number of nitrogens with one attached hydrogen (secondary N) is 5. The van der Waals surface area contributed by atoms with Gasteiger partial charge in [-0.25, -0.2) is 8.42 Å². The van der Waals surface area contributed by atoms with Crippen LogP contribution in [-0.4, -0.2) is 193 Å². The van der Waals surface area contributed by atoms with Gasteiger partial charge in [0, 0.05) is 164 Å². The highest BCUT2D eigenvalue weighted by Gasteiger charge is 2.61. The maximum Gasteiger partial charge on any atom is 0.501 e. The molecule has 6 aromatic rings. The molecular weight excluding hydrogens is 1830 g/mol. The minimum atomic E-state index is -5.31. The van der Waals surface area contributed by atoms with E-state index in [4.69, 9.17) is 11.6 Å². The van der Waals surface area contributed by atoms with Crippen LogP contribution in [0.25, 0.3) is 0 Å². The van der Waals surface area contributed by atoms with Crippen LogP contribution >= 0.6 is 23.4 Å². The number of nitrogens with zero attached hydrogens (tertiary/aromatic N) is 6. The number of hydrogen-bond donors (Lipinski definition) is 5. The van der Waals surface area contributed by atoms with Gasteiger partial charge in [-0.05, 0) is 232 Å². The molecule has 37 heteroatoms. The maximum atomic E-state index is 12.7. The first kappa shape index (κ1) is 102. The molecule has 134 heavy (non-hydrogen) atoms. The molecule has 18 rings (SSSR count). The van der Waals surface area contributed by atoms with Crippen LogP contribution in [0, 0.1) is 76.9 Å². The standard InChI is InChI=1S/C17H19F3N2O.C17H18F3NO.C16H17F3N2O3S.C16H17F3N2OS.C16H17F3N2O.C15H17ClN2O/c1-3-15(23)21-16-13-8-22(9-14(13)16)10(2)11-4-6-12(7-5-11)17(18,19)20;1-2-13(22)7-14-15-9-21(10-16(14)15)8-11-3-5-12(6-4-11)17(18,19)20;1-2-14(22)20-15-12-8-21(9-13(12)15)7-10-3-5-11(6-4-10)25(23,24)16(17,18)19;1-2-14(22)20-15-12-8-21(9-13(12)15)7-10-3-5-11(6-4-10)23-16(17,18)19;1-2-14(22)21-8-12-13(9-21)15(12)20-7-10-4-3-5-11(6-10)16(17,18)19;1-2-14(19)17-15-12-8-18(9-13(12)15)7-10-3-5-11(16)6-4-10/h3-7,10,13-14,16H,1,8-9H2,2H3,(H,21,23);2-6,14-16H,1,7-10H2;2-6,12-13,15H,1,7-9H2,(H,20,22);2-6,12-13,15H,1,7-9H2,(H,20,22);2-6,12-13,15,20H,1,7-9H2;2-6,12-13,15H,1,7-9H2,(H,17,19)/t;14?,15-,16+;;;12-,13+,15?;. The molecule has 19 nitrogen and oxygen atoms in total. The van der Waals surface area contributed by atoms with Crippen LogP contribution in [0.3, 0.4) is 0 Å². The van der Waals surface area contributed by atoms with Crippen LogP contribution in [0.5, 0.6) is 0 Å². The van der Waals surface area contributed by atoms with E-state index in [-0.39, 0.29) is 76.1 Å². The lowest BCUT2D eigenvalue weighted by molar-refractivity contribution is -0.138. The third-order valence-corrected chi connectivity index (χ3v) is 29.9. The molecule has 6 aliphatic heterocycles. The minimum Gasteiger partial charge on any atom is -0.349 e. The SMILES string of the molecule is C=CC(=O)CC1[C@H]2CN(Cc3ccc(C(F)(F)F)cc3)C[C@@H]12.C=CC(=O)N1C[C@@H]2C(NCc3cccc(C(F)(F)F)c3)[C@@H]2C1.C=CC(=O)NC1C2CN(C(C)c3ccc(C(F)(F)F)cc3)CC21.C=CC(=O)NC1C2CN(Cc3ccc(Cl)cc3)CC21.C=CC(=O)NC1C2CN(Cc3ccc(S(=O)(=O)C(F)(F)F)cc3)CC21.C=CC(=O)NC1C2CN(Cc3ccc(SC(F)(F)F)cc3)CC21. The molecule has 6 saturated carbocycles. The zero-order valence-electron chi connectivity index (χ0n) is 73.1. The first-order chi connectivity index (χ1) is 63.2. The monoisotopic (exact) mass is 1940 g/mol. The number of carbonyl (C=O) groups excluding carboxylic acids is 6. The van der Waals surface area contributed by atoms with Gasteiger partial charge in [0.15, 0.2) is 5.78 Å². The molecule has 0 bridgehead atoms. The zero-order valence-corrected chi connectivity index (χ0v) is 75.5. The fourth-order valence-corrected chi connectivity index (χ4v) is 21.3. The van der Waals surface area contributed by atoms with Gasteiger partial charge in [0.1, 0.15) is 0 Å². The fourth-order valence-electron chi connectivity index (χ4n) is 19.9. The highest BCUT2D eigenvalue weighted by molar-refractivity contribution is 8.00. The normalized spacial score (nSPS) is 27.2. The van der Waals surface area contributed by atoms with Crippen molar-refractivity contribution in [3.8, 4) is 0 Å². The van der Waals surface area contributed by atoms with Gasteiger partial charge in [0.05, 0.1) is 21.6 Å². The van der Waals surface area contributed by atoms with Crippen LogP contribution in [-0.2, 0) is 89.9 Å². The Morgan fingerprint density at radius 2 is 0.754 bits per heavy atom. The molecule has 720 valence electrons. The number of sulfone groups is 1. The number of hydrogen-bond acceptors (Lipinski definition) is 15. The van der Waals surface area contributed by atoms with E-state index >= 15 is 0 Å². The predicted molar refractivity (Wildman–Crippen MR) is 476 cm³/mol. The van der Waals surface area contributed by atoms with E-state index in [2.05, 4.69) is 103 Å². The van der Waals surface area contributed by atoms with E-state index in [0.29, 0.717) is 134 Å². The Hall–Kier alpha value is -9.92. The Morgan fingerprint density at radius 3 is 1.10 bits per heavy atom. The van der Waals surface area contributed by atoms with Crippen molar-refractivity contribution in [3.05, 3.63) is 277 Å². The zero-order chi connectivity index (χ0) is 97.0. The van der Waals surface area contributed by atoms with Crippen molar-refractivity contribution >= 4 is 68.5 Å². The molecule has 0 aromatic heterocycles. The number of allylic oxidation sites excluding steroid dienone is 1. The van der Waals surface area contributed by atoms with E-state index in [0.717, 1.165) is 148 Å². The van der Waals surface area contributed by atoms with Crippen LogP contribution in [0.15, 0.2) is 231 Å². The van der Waals surface area contributed by atoms with Crippen LogP contribution < -0.4 is 26.6 Å². The van der Waals surface area contributed by atoms with E-state index in [1.54, 1.807) is 47.4 Å². The third-order valence-electron chi connectivity index (χ3n) is 27.4. The minimum absolute atomic E-state index is 0.0520. The topological polar surface area (TPSA) is 216 Å². The Balaban J connectivity index is 0.000000137. The summed E-state index contributed by atoms with van der Waals surface area (Å²) in [6, 6.07) is 36.8. The van der Waals surface area contributed by atoms with Gasteiger partial charge in [-0.15, -0.1) is 0 Å². The molecule has 0 spiro atoms. The number of piperidine rings is 6. The molecule has 11 unspecified atom stereocenters. The van der Waals surface area contributed by atoms with E-state index in [1.807, 2.05) is 19.1 Å². The molecule has 0 radical (unpaired) electrons. The molecule has 6 aliphatic carbocycles. The number of ketones is 1. The lowest BCUT2D eigenvalue weighted by Gasteiger charge is -2.27. The number of benzene rings is 6. The molecule has 5 amide bonds. The smallest absolute Gasteiger partial charge is 0.349 e. The molecule has 6 saturated heterocycles. The van der Waals surface area contributed by atoms with Crippen molar-refractivity contribution in [1.29, 1.82) is 0 Å². The first-order valence-corrected chi connectivity index (χ1v) is 46.6. The van der Waals surface area contributed by atoms with Gasteiger partial charge in [-0.3, -0.25) is 53.3 Å². The van der Waals surface area contributed by atoms with Gasteiger partial charge < -0.3 is 31.5 Å². The summed E-state index contributed by atoms with van der Waals surface area (Å²) in [5.41, 5.74) is -5.95. The molecule has 12 fully saturated rings. The lowest BCUT2D eigenvalue weighted by atomic mass is 10.0. The van der Waals surface area contributed by atoms with Gasteiger partial charge in [0.25, 0.3) is 9.84 Å². The number of carbonyl (C=O) groups is 6. The summed E-state index contributed by atoms with van der Waals surface area (Å²) in [5.74, 6) is 5.84. The molecule has 12 aliphatic rings. The second kappa shape index (κ2) is 42.0. The molecule has 6 heterocycles. The second-order valence-electron chi connectivity index (χ2n) is 36.1. The van der Waals surface area contributed by atoms with Crippen molar-refractivity contribution in [1.82, 2.24) is 56.0 Å².